The van der Waals surface area contributed by atoms with Crippen molar-refractivity contribution in [2.24, 2.45) is 11.8 Å². The first-order valence-electron chi connectivity index (χ1n) is 7.68. The Morgan fingerprint density at radius 2 is 1.90 bits per heavy atom. The third-order valence-electron chi connectivity index (χ3n) is 3.98. The average molecular weight is 274 g/mol. The van der Waals surface area contributed by atoms with Crippen LogP contribution in [0.5, 0.6) is 0 Å². The fourth-order valence-electron chi connectivity index (χ4n) is 3.26. The molecular weight excluding hydrogens is 248 g/mol. The molecule has 1 aliphatic heterocycles. The summed E-state index contributed by atoms with van der Waals surface area (Å²) in [6, 6.07) is 8.04. The molecular formula is C17H26N2O. The highest BCUT2D eigenvalue weighted by atomic mass is 16.2. The van der Waals surface area contributed by atoms with Crippen LogP contribution in [0.25, 0.3) is 0 Å². The van der Waals surface area contributed by atoms with E-state index in [4.69, 9.17) is 0 Å². The van der Waals surface area contributed by atoms with E-state index in [1.807, 2.05) is 18.2 Å². The van der Waals surface area contributed by atoms with Crippen LogP contribution in [-0.4, -0.2) is 30.4 Å². The molecule has 1 aliphatic rings. The van der Waals surface area contributed by atoms with Gasteiger partial charge in [0.15, 0.2) is 0 Å². The van der Waals surface area contributed by atoms with E-state index >= 15 is 0 Å². The molecule has 0 saturated carbocycles. The number of anilines is 1. The number of para-hydroxylation sites is 1. The van der Waals surface area contributed by atoms with E-state index in [-0.39, 0.29) is 5.91 Å². The standard InChI is InChI=1S/C17H26N2O/c1-4-15-7-5-6-8-16(15)18-17(20)12-19-10-13(2)9-14(3)11-19/h5-8,13-14H,4,9-12H2,1-3H3,(H,18,20). The number of carbonyl (C=O) groups excluding carboxylic acids is 1. The van der Waals surface area contributed by atoms with Gasteiger partial charge in [0, 0.05) is 18.8 Å². The number of hydrogen-bond donors (Lipinski definition) is 1. The predicted molar refractivity (Wildman–Crippen MR) is 83.8 cm³/mol. The second-order valence-electron chi connectivity index (χ2n) is 6.20. The van der Waals surface area contributed by atoms with Gasteiger partial charge in [0.2, 0.25) is 5.91 Å². The normalized spacial score (nSPS) is 23.6. The smallest absolute Gasteiger partial charge is 0.238 e. The Hall–Kier alpha value is -1.35. The summed E-state index contributed by atoms with van der Waals surface area (Å²) in [5, 5.41) is 3.06. The molecule has 1 amide bonds. The zero-order chi connectivity index (χ0) is 14.5. The molecule has 2 rings (SSSR count). The molecule has 0 spiro atoms. The van der Waals surface area contributed by atoms with Gasteiger partial charge < -0.3 is 5.32 Å². The summed E-state index contributed by atoms with van der Waals surface area (Å²) in [4.78, 5) is 14.5. The maximum absolute atomic E-state index is 12.2. The number of nitrogens with zero attached hydrogens (tertiary/aromatic N) is 1. The van der Waals surface area contributed by atoms with Gasteiger partial charge in [-0.25, -0.2) is 0 Å². The molecule has 1 saturated heterocycles. The van der Waals surface area contributed by atoms with Crippen LogP contribution >= 0.6 is 0 Å². The molecule has 1 N–H and O–H groups in total. The Morgan fingerprint density at radius 3 is 2.55 bits per heavy atom. The topological polar surface area (TPSA) is 32.3 Å². The van der Waals surface area contributed by atoms with Gasteiger partial charge in [-0.1, -0.05) is 39.0 Å². The lowest BCUT2D eigenvalue weighted by Crippen LogP contribution is -2.42. The molecule has 20 heavy (non-hydrogen) atoms. The predicted octanol–water partition coefficient (Wildman–Crippen LogP) is 3.17. The Balaban J connectivity index is 1.92. The van der Waals surface area contributed by atoms with Crippen molar-refractivity contribution in [1.29, 1.82) is 0 Å². The molecule has 2 atom stereocenters. The number of hydrogen-bond acceptors (Lipinski definition) is 2. The van der Waals surface area contributed by atoms with E-state index < -0.39 is 0 Å². The number of piperidine rings is 1. The Bertz CT molecular complexity index is 448. The maximum Gasteiger partial charge on any atom is 0.238 e. The second-order valence-corrected chi connectivity index (χ2v) is 6.20. The van der Waals surface area contributed by atoms with Crippen molar-refractivity contribution >= 4 is 11.6 Å². The van der Waals surface area contributed by atoms with Crippen LogP contribution in [-0.2, 0) is 11.2 Å². The minimum atomic E-state index is 0.104. The Labute approximate surface area is 122 Å². The summed E-state index contributed by atoms with van der Waals surface area (Å²) in [6.07, 6.45) is 2.21. The van der Waals surface area contributed by atoms with Gasteiger partial charge in [-0.3, -0.25) is 9.69 Å². The van der Waals surface area contributed by atoms with Crippen molar-refractivity contribution in [3.05, 3.63) is 29.8 Å². The summed E-state index contributed by atoms with van der Waals surface area (Å²) in [5.41, 5.74) is 2.15. The number of carbonyl (C=O) groups is 1. The lowest BCUT2D eigenvalue weighted by atomic mass is 9.92. The van der Waals surface area contributed by atoms with E-state index in [9.17, 15) is 4.79 Å². The number of aryl methyl sites for hydroxylation is 1. The van der Waals surface area contributed by atoms with Gasteiger partial charge in [-0.05, 0) is 36.3 Å². The summed E-state index contributed by atoms with van der Waals surface area (Å²) >= 11 is 0. The maximum atomic E-state index is 12.2. The minimum absolute atomic E-state index is 0.104. The molecule has 1 heterocycles. The number of amides is 1. The van der Waals surface area contributed by atoms with E-state index in [2.05, 4.69) is 37.1 Å². The van der Waals surface area contributed by atoms with Gasteiger partial charge in [0.05, 0.1) is 6.54 Å². The van der Waals surface area contributed by atoms with Gasteiger partial charge in [0.25, 0.3) is 0 Å². The molecule has 3 nitrogen and oxygen atoms in total. The van der Waals surface area contributed by atoms with Gasteiger partial charge in [-0.2, -0.15) is 0 Å². The second kappa shape index (κ2) is 6.89. The summed E-state index contributed by atoms with van der Waals surface area (Å²) < 4.78 is 0. The lowest BCUT2D eigenvalue weighted by Gasteiger charge is -2.34. The van der Waals surface area contributed by atoms with Crippen molar-refractivity contribution in [2.45, 2.75) is 33.6 Å². The lowest BCUT2D eigenvalue weighted by molar-refractivity contribution is -0.117. The van der Waals surface area contributed by atoms with Crippen LogP contribution in [0.3, 0.4) is 0 Å². The first-order chi connectivity index (χ1) is 9.58. The molecule has 0 aliphatic carbocycles. The molecule has 1 aromatic carbocycles. The minimum Gasteiger partial charge on any atom is -0.325 e. The summed E-state index contributed by atoms with van der Waals surface area (Å²) in [7, 11) is 0. The average Bonchev–Trinajstić information content (AvgIpc) is 2.37. The van der Waals surface area contributed by atoms with Crippen molar-refractivity contribution in [1.82, 2.24) is 4.90 Å². The first kappa shape index (κ1) is 15.0. The van der Waals surface area contributed by atoms with E-state index in [0.29, 0.717) is 18.4 Å². The molecule has 110 valence electrons. The summed E-state index contributed by atoms with van der Waals surface area (Å²) in [5.74, 6) is 1.48. The van der Waals surface area contributed by atoms with Crippen molar-refractivity contribution in [2.75, 3.05) is 25.0 Å². The van der Waals surface area contributed by atoms with Gasteiger partial charge in [0.1, 0.15) is 0 Å². The van der Waals surface area contributed by atoms with Gasteiger partial charge >= 0.3 is 0 Å². The molecule has 3 heteroatoms. The van der Waals surface area contributed by atoms with Crippen LogP contribution in [0, 0.1) is 11.8 Å². The van der Waals surface area contributed by atoms with Crippen LogP contribution in [0.2, 0.25) is 0 Å². The quantitative estimate of drug-likeness (QED) is 0.914. The Kier molecular flexibility index (Phi) is 5.18. The highest BCUT2D eigenvalue weighted by molar-refractivity contribution is 5.93. The molecule has 2 unspecified atom stereocenters. The van der Waals surface area contributed by atoms with Crippen molar-refractivity contribution in [3.8, 4) is 0 Å². The highest BCUT2D eigenvalue weighted by Crippen LogP contribution is 2.21. The number of nitrogens with one attached hydrogen (secondary N) is 1. The van der Waals surface area contributed by atoms with E-state index in [1.54, 1.807) is 0 Å². The van der Waals surface area contributed by atoms with E-state index in [0.717, 1.165) is 25.2 Å². The number of rotatable bonds is 4. The third kappa shape index (κ3) is 4.07. The zero-order valence-corrected chi connectivity index (χ0v) is 12.9. The van der Waals surface area contributed by atoms with Crippen LogP contribution in [0.1, 0.15) is 32.8 Å². The number of benzene rings is 1. The SMILES string of the molecule is CCc1ccccc1NC(=O)CN1CC(C)CC(C)C1. The third-order valence-corrected chi connectivity index (χ3v) is 3.98. The fourth-order valence-corrected chi connectivity index (χ4v) is 3.26. The van der Waals surface area contributed by atoms with Crippen LogP contribution < -0.4 is 5.32 Å². The van der Waals surface area contributed by atoms with Crippen molar-refractivity contribution < 1.29 is 4.79 Å². The fraction of sp³-hybridized carbons (Fsp3) is 0.588. The molecule has 0 aromatic heterocycles. The Morgan fingerprint density at radius 1 is 1.25 bits per heavy atom. The van der Waals surface area contributed by atoms with E-state index in [1.165, 1.54) is 12.0 Å². The molecule has 0 bridgehead atoms. The first-order valence-corrected chi connectivity index (χ1v) is 7.68. The molecule has 1 aromatic rings. The zero-order valence-electron chi connectivity index (χ0n) is 12.9. The molecule has 0 radical (unpaired) electrons. The van der Waals surface area contributed by atoms with Gasteiger partial charge in [-0.15, -0.1) is 0 Å². The van der Waals surface area contributed by atoms with Crippen molar-refractivity contribution in [3.63, 3.8) is 0 Å². The largest absolute Gasteiger partial charge is 0.325 e. The highest BCUT2D eigenvalue weighted by Gasteiger charge is 2.23. The van der Waals surface area contributed by atoms with Crippen LogP contribution in [0.4, 0.5) is 5.69 Å². The monoisotopic (exact) mass is 274 g/mol. The summed E-state index contributed by atoms with van der Waals surface area (Å²) in [6.45, 7) is 9.23. The molecule has 1 fully saturated rings. The number of likely N-dealkylation sites (tertiary alicyclic amines) is 1. The van der Waals surface area contributed by atoms with Crippen LogP contribution in [0.15, 0.2) is 24.3 Å².